The zero-order valence-corrected chi connectivity index (χ0v) is 11.6. The van der Waals surface area contributed by atoms with Crippen LogP contribution in [-0.2, 0) is 0 Å². The SMILES string of the molecule is COc1ccc(-c2ccc3c(=O)[nH]ncc3n2)cc1OC. The lowest BCUT2D eigenvalue weighted by Crippen LogP contribution is -2.08. The number of aromatic nitrogens is 3. The monoisotopic (exact) mass is 283 g/mol. The minimum Gasteiger partial charge on any atom is -0.493 e. The first-order valence-corrected chi connectivity index (χ1v) is 6.30. The summed E-state index contributed by atoms with van der Waals surface area (Å²) in [5, 5.41) is 6.66. The van der Waals surface area contributed by atoms with Crippen LogP contribution in [0.15, 0.2) is 41.3 Å². The molecule has 0 bridgehead atoms. The highest BCUT2D eigenvalue weighted by molar-refractivity contribution is 5.80. The van der Waals surface area contributed by atoms with Gasteiger partial charge in [0.25, 0.3) is 5.56 Å². The van der Waals surface area contributed by atoms with Crippen LogP contribution < -0.4 is 15.0 Å². The molecule has 0 aliphatic carbocycles. The summed E-state index contributed by atoms with van der Waals surface area (Å²) in [4.78, 5) is 16.1. The summed E-state index contributed by atoms with van der Waals surface area (Å²) in [5.41, 5.74) is 1.90. The van der Waals surface area contributed by atoms with Crippen molar-refractivity contribution in [2.24, 2.45) is 0 Å². The highest BCUT2D eigenvalue weighted by Crippen LogP contribution is 2.31. The smallest absolute Gasteiger partial charge is 0.273 e. The van der Waals surface area contributed by atoms with Crippen molar-refractivity contribution in [1.29, 1.82) is 0 Å². The predicted octanol–water partition coefficient (Wildman–Crippen LogP) is 2.00. The average Bonchev–Trinajstić information content (AvgIpc) is 2.54. The van der Waals surface area contributed by atoms with Crippen molar-refractivity contribution in [3.8, 4) is 22.8 Å². The number of aromatic amines is 1. The fourth-order valence-electron chi connectivity index (χ4n) is 2.13. The van der Waals surface area contributed by atoms with Gasteiger partial charge in [-0.2, -0.15) is 5.10 Å². The molecule has 3 aromatic rings. The van der Waals surface area contributed by atoms with Crippen LogP contribution in [0.1, 0.15) is 0 Å². The number of fused-ring (bicyclic) bond motifs is 1. The maximum absolute atomic E-state index is 11.6. The minimum atomic E-state index is -0.251. The zero-order chi connectivity index (χ0) is 14.8. The Balaban J connectivity index is 2.14. The van der Waals surface area contributed by atoms with Gasteiger partial charge in [0.05, 0.1) is 37.0 Å². The first kappa shape index (κ1) is 13.1. The third-order valence-corrected chi connectivity index (χ3v) is 3.20. The molecule has 0 fully saturated rings. The fourth-order valence-corrected chi connectivity index (χ4v) is 2.13. The summed E-state index contributed by atoms with van der Waals surface area (Å²) in [7, 11) is 3.17. The first-order valence-electron chi connectivity index (χ1n) is 6.30. The summed E-state index contributed by atoms with van der Waals surface area (Å²) < 4.78 is 10.5. The molecular weight excluding hydrogens is 270 g/mol. The molecule has 0 aliphatic heterocycles. The molecule has 2 aromatic heterocycles. The molecule has 0 amide bonds. The van der Waals surface area contributed by atoms with Gasteiger partial charge in [-0.1, -0.05) is 0 Å². The lowest BCUT2D eigenvalue weighted by molar-refractivity contribution is 0.355. The lowest BCUT2D eigenvalue weighted by atomic mass is 10.1. The standard InChI is InChI=1S/C15H13N3O3/c1-20-13-6-3-9(7-14(13)21-2)11-5-4-10-12(17-11)8-16-18-15(10)19/h3-8H,1-2H3,(H,18,19). The van der Waals surface area contributed by atoms with E-state index in [4.69, 9.17) is 9.47 Å². The number of hydrogen-bond acceptors (Lipinski definition) is 5. The minimum absolute atomic E-state index is 0.251. The van der Waals surface area contributed by atoms with Crippen molar-refractivity contribution >= 4 is 10.9 Å². The van der Waals surface area contributed by atoms with Gasteiger partial charge in [0, 0.05) is 5.56 Å². The van der Waals surface area contributed by atoms with Gasteiger partial charge in [0.2, 0.25) is 0 Å². The van der Waals surface area contributed by atoms with Crippen LogP contribution in [0, 0.1) is 0 Å². The number of pyridine rings is 1. The molecule has 6 heteroatoms. The van der Waals surface area contributed by atoms with E-state index >= 15 is 0 Å². The Morgan fingerprint density at radius 3 is 2.62 bits per heavy atom. The van der Waals surface area contributed by atoms with Crippen LogP contribution in [-0.4, -0.2) is 29.4 Å². The van der Waals surface area contributed by atoms with Crippen molar-refractivity contribution in [3.63, 3.8) is 0 Å². The molecule has 3 rings (SSSR count). The van der Waals surface area contributed by atoms with Crippen molar-refractivity contribution in [3.05, 3.63) is 46.9 Å². The van der Waals surface area contributed by atoms with Crippen LogP contribution in [0.25, 0.3) is 22.2 Å². The van der Waals surface area contributed by atoms with E-state index in [1.165, 1.54) is 6.20 Å². The van der Waals surface area contributed by atoms with Gasteiger partial charge in [0.15, 0.2) is 11.5 Å². The van der Waals surface area contributed by atoms with E-state index in [2.05, 4.69) is 15.2 Å². The van der Waals surface area contributed by atoms with Gasteiger partial charge in [-0.3, -0.25) is 4.79 Å². The fraction of sp³-hybridized carbons (Fsp3) is 0.133. The second kappa shape index (κ2) is 5.24. The Kier molecular flexibility index (Phi) is 3.27. The number of methoxy groups -OCH3 is 2. The Bertz CT molecular complexity index is 858. The number of H-pyrrole nitrogens is 1. The van der Waals surface area contributed by atoms with Crippen LogP contribution in [0.3, 0.4) is 0 Å². The molecule has 21 heavy (non-hydrogen) atoms. The molecule has 2 heterocycles. The normalized spacial score (nSPS) is 10.6. The Morgan fingerprint density at radius 1 is 1.05 bits per heavy atom. The second-order valence-corrected chi connectivity index (χ2v) is 4.40. The van der Waals surface area contributed by atoms with E-state index in [0.29, 0.717) is 22.4 Å². The number of nitrogens with zero attached hydrogens (tertiary/aromatic N) is 2. The van der Waals surface area contributed by atoms with Crippen LogP contribution >= 0.6 is 0 Å². The molecule has 0 spiro atoms. The number of ether oxygens (including phenoxy) is 2. The molecule has 106 valence electrons. The molecule has 0 saturated carbocycles. The maximum atomic E-state index is 11.6. The van der Waals surface area contributed by atoms with Crippen molar-refractivity contribution < 1.29 is 9.47 Å². The summed E-state index contributed by atoms with van der Waals surface area (Å²) >= 11 is 0. The molecule has 0 aliphatic rings. The third kappa shape index (κ3) is 2.31. The Hall–Kier alpha value is -2.89. The summed E-state index contributed by atoms with van der Waals surface area (Å²) in [6, 6.07) is 9.06. The van der Waals surface area contributed by atoms with Gasteiger partial charge in [-0.15, -0.1) is 0 Å². The van der Waals surface area contributed by atoms with Crippen LogP contribution in [0.4, 0.5) is 0 Å². The topological polar surface area (TPSA) is 77.1 Å². The molecular formula is C15H13N3O3. The summed E-state index contributed by atoms with van der Waals surface area (Å²) in [5.74, 6) is 1.28. The third-order valence-electron chi connectivity index (χ3n) is 3.20. The van der Waals surface area contributed by atoms with E-state index < -0.39 is 0 Å². The molecule has 0 radical (unpaired) electrons. The number of nitrogens with one attached hydrogen (secondary N) is 1. The largest absolute Gasteiger partial charge is 0.493 e. The predicted molar refractivity (Wildman–Crippen MR) is 78.7 cm³/mol. The van der Waals surface area contributed by atoms with Crippen molar-refractivity contribution in [2.45, 2.75) is 0 Å². The highest BCUT2D eigenvalue weighted by atomic mass is 16.5. The van der Waals surface area contributed by atoms with E-state index in [-0.39, 0.29) is 5.56 Å². The van der Waals surface area contributed by atoms with E-state index in [9.17, 15) is 4.79 Å². The van der Waals surface area contributed by atoms with Gasteiger partial charge in [-0.05, 0) is 30.3 Å². The lowest BCUT2D eigenvalue weighted by Gasteiger charge is -2.09. The summed E-state index contributed by atoms with van der Waals surface area (Å²) in [6.45, 7) is 0. The molecule has 0 unspecified atom stereocenters. The highest BCUT2D eigenvalue weighted by Gasteiger charge is 2.08. The van der Waals surface area contributed by atoms with E-state index in [0.717, 1.165) is 11.3 Å². The van der Waals surface area contributed by atoms with Gasteiger partial charge >= 0.3 is 0 Å². The van der Waals surface area contributed by atoms with Gasteiger partial charge in [0.1, 0.15) is 0 Å². The van der Waals surface area contributed by atoms with Crippen molar-refractivity contribution in [1.82, 2.24) is 15.2 Å². The first-order chi connectivity index (χ1) is 10.2. The second-order valence-electron chi connectivity index (χ2n) is 4.40. The van der Waals surface area contributed by atoms with E-state index in [1.807, 2.05) is 18.2 Å². The van der Waals surface area contributed by atoms with Gasteiger partial charge in [-0.25, -0.2) is 10.1 Å². The number of rotatable bonds is 3. The van der Waals surface area contributed by atoms with Gasteiger partial charge < -0.3 is 9.47 Å². The molecule has 1 N–H and O–H groups in total. The zero-order valence-electron chi connectivity index (χ0n) is 11.6. The van der Waals surface area contributed by atoms with E-state index in [1.54, 1.807) is 26.4 Å². The van der Waals surface area contributed by atoms with Crippen molar-refractivity contribution in [2.75, 3.05) is 14.2 Å². The maximum Gasteiger partial charge on any atom is 0.273 e. The Labute approximate surface area is 120 Å². The molecule has 0 atom stereocenters. The quantitative estimate of drug-likeness (QED) is 0.795. The number of benzene rings is 1. The van der Waals surface area contributed by atoms with Crippen LogP contribution in [0.2, 0.25) is 0 Å². The number of hydrogen-bond donors (Lipinski definition) is 1. The molecule has 1 aromatic carbocycles. The average molecular weight is 283 g/mol. The van der Waals surface area contributed by atoms with Crippen LogP contribution in [0.5, 0.6) is 11.5 Å². The summed E-state index contributed by atoms with van der Waals surface area (Å²) in [6.07, 6.45) is 1.53. The molecule has 6 nitrogen and oxygen atoms in total. The molecule has 0 saturated heterocycles. The Morgan fingerprint density at radius 2 is 1.86 bits per heavy atom.